The van der Waals surface area contributed by atoms with Crippen LogP contribution in [0.3, 0.4) is 0 Å². The Kier molecular flexibility index (Phi) is 4.91. The normalized spacial score (nSPS) is 28.1. The number of rotatable bonds is 5. The van der Waals surface area contributed by atoms with Crippen LogP contribution in [0.25, 0.3) is 0 Å². The minimum absolute atomic E-state index is 0.217. The van der Waals surface area contributed by atoms with E-state index in [4.69, 9.17) is 0 Å². The fourth-order valence-electron chi connectivity index (χ4n) is 3.65. The summed E-state index contributed by atoms with van der Waals surface area (Å²) < 4.78 is 0. The second-order valence-electron chi connectivity index (χ2n) is 7.88. The number of aliphatic hydroxyl groups excluding tert-OH is 1. The third-order valence-electron chi connectivity index (χ3n) is 4.85. The van der Waals surface area contributed by atoms with Gasteiger partial charge in [-0.05, 0) is 57.9 Å². The molecule has 3 nitrogen and oxygen atoms in total. The summed E-state index contributed by atoms with van der Waals surface area (Å²) in [5, 5.41) is 13.0. The molecule has 2 N–H and O–H groups in total. The molecule has 0 radical (unpaired) electrons. The number of hydrogen-bond donors (Lipinski definition) is 2. The summed E-state index contributed by atoms with van der Waals surface area (Å²) in [5.74, 6) is 0.522. The second kappa shape index (κ2) is 6.11. The SMILES string of the molecule is CC(C)(C)NCC1(CN2CCC(CO)C2)CCCC1. The largest absolute Gasteiger partial charge is 0.396 e. The van der Waals surface area contributed by atoms with Gasteiger partial charge in [-0.2, -0.15) is 0 Å². The Morgan fingerprint density at radius 2 is 1.95 bits per heavy atom. The van der Waals surface area contributed by atoms with Crippen LogP contribution in [0.15, 0.2) is 0 Å². The standard InChI is InChI=1S/C16H32N2O/c1-15(2,3)17-12-16(7-4-5-8-16)13-18-9-6-14(10-18)11-19/h14,17,19H,4-13H2,1-3H3. The van der Waals surface area contributed by atoms with E-state index in [9.17, 15) is 5.11 Å². The molecule has 2 aliphatic rings. The van der Waals surface area contributed by atoms with E-state index >= 15 is 0 Å². The van der Waals surface area contributed by atoms with E-state index in [0.29, 0.717) is 17.9 Å². The van der Waals surface area contributed by atoms with Gasteiger partial charge in [0, 0.05) is 31.8 Å². The number of aliphatic hydroxyl groups is 1. The molecule has 3 heteroatoms. The lowest BCUT2D eigenvalue weighted by Gasteiger charge is -2.36. The first-order chi connectivity index (χ1) is 8.92. The van der Waals surface area contributed by atoms with Gasteiger partial charge in [-0.15, -0.1) is 0 Å². The van der Waals surface area contributed by atoms with E-state index in [-0.39, 0.29) is 5.54 Å². The van der Waals surface area contributed by atoms with Crippen molar-refractivity contribution in [1.29, 1.82) is 0 Å². The highest BCUT2D eigenvalue weighted by molar-refractivity contribution is 4.92. The second-order valence-corrected chi connectivity index (χ2v) is 7.88. The minimum atomic E-state index is 0.217. The van der Waals surface area contributed by atoms with E-state index < -0.39 is 0 Å². The van der Waals surface area contributed by atoms with Crippen LogP contribution in [0.4, 0.5) is 0 Å². The summed E-state index contributed by atoms with van der Waals surface area (Å²) >= 11 is 0. The maximum absolute atomic E-state index is 9.28. The maximum atomic E-state index is 9.28. The van der Waals surface area contributed by atoms with E-state index in [0.717, 1.165) is 13.1 Å². The number of nitrogens with one attached hydrogen (secondary N) is 1. The van der Waals surface area contributed by atoms with Crippen molar-refractivity contribution >= 4 is 0 Å². The lowest BCUT2D eigenvalue weighted by atomic mass is 9.84. The summed E-state index contributed by atoms with van der Waals surface area (Å²) in [6.45, 7) is 11.8. The number of nitrogens with zero attached hydrogens (tertiary/aromatic N) is 1. The summed E-state index contributed by atoms with van der Waals surface area (Å²) in [5.41, 5.74) is 0.700. The fourth-order valence-corrected chi connectivity index (χ4v) is 3.65. The average molecular weight is 268 g/mol. The summed E-state index contributed by atoms with van der Waals surface area (Å²) in [4.78, 5) is 2.59. The third kappa shape index (κ3) is 4.44. The zero-order valence-electron chi connectivity index (χ0n) is 13.0. The van der Waals surface area contributed by atoms with Gasteiger partial charge in [0.25, 0.3) is 0 Å². The summed E-state index contributed by atoms with van der Waals surface area (Å²) in [7, 11) is 0. The molecule has 1 aliphatic carbocycles. The van der Waals surface area contributed by atoms with Gasteiger partial charge in [-0.1, -0.05) is 12.8 Å². The number of hydrogen-bond acceptors (Lipinski definition) is 3. The Balaban J connectivity index is 1.88. The van der Waals surface area contributed by atoms with Crippen molar-refractivity contribution in [2.45, 2.75) is 58.4 Å². The van der Waals surface area contributed by atoms with Crippen LogP contribution in [-0.4, -0.2) is 48.3 Å². The van der Waals surface area contributed by atoms with E-state index in [1.54, 1.807) is 0 Å². The van der Waals surface area contributed by atoms with Crippen LogP contribution in [0, 0.1) is 11.3 Å². The smallest absolute Gasteiger partial charge is 0.0471 e. The van der Waals surface area contributed by atoms with E-state index in [1.165, 1.54) is 45.2 Å². The fraction of sp³-hybridized carbons (Fsp3) is 1.00. The van der Waals surface area contributed by atoms with Crippen molar-refractivity contribution in [3.63, 3.8) is 0 Å². The van der Waals surface area contributed by atoms with Crippen LogP contribution >= 0.6 is 0 Å². The molecule has 0 amide bonds. The van der Waals surface area contributed by atoms with Gasteiger partial charge in [-0.3, -0.25) is 0 Å². The molecule has 1 atom stereocenters. The molecule has 0 aromatic rings. The Hall–Kier alpha value is -0.120. The van der Waals surface area contributed by atoms with Gasteiger partial charge >= 0.3 is 0 Å². The topological polar surface area (TPSA) is 35.5 Å². The third-order valence-corrected chi connectivity index (χ3v) is 4.85. The predicted octanol–water partition coefficient (Wildman–Crippen LogP) is 2.25. The first-order valence-corrected chi connectivity index (χ1v) is 8.01. The molecule has 0 spiro atoms. The van der Waals surface area contributed by atoms with Crippen molar-refractivity contribution in [3.05, 3.63) is 0 Å². The highest BCUT2D eigenvalue weighted by atomic mass is 16.3. The molecule has 0 aromatic heterocycles. The van der Waals surface area contributed by atoms with Crippen molar-refractivity contribution in [1.82, 2.24) is 10.2 Å². The molecule has 112 valence electrons. The molecular weight excluding hydrogens is 236 g/mol. The average Bonchev–Trinajstić information content (AvgIpc) is 2.96. The van der Waals surface area contributed by atoms with Gasteiger partial charge in [0.15, 0.2) is 0 Å². The van der Waals surface area contributed by atoms with E-state index in [2.05, 4.69) is 31.0 Å². The van der Waals surface area contributed by atoms with Crippen molar-refractivity contribution in [2.75, 3.05) is 32.8 Å². The molecule has 1 unspecified atom stereocenters. The zero-order chi connectivity index (χ0) is 13.9. The minimum Gasteiger partial charge on any atom is -0.396 e. The first kappa shape index (κ1) is 15.3. The predicted molar refractivity (Wildman–Crippen MR) is 80.3 cm³/mol. The van der Waals surface area contributed by atoms with Crippen molar-refractivity contribution in [3.8, 4) is 0 Å². The van der Waals surface area contributed by atoms with Crippen LogP contribution in [0.2, 0.25) is 0 Å². The molecule has 1 aliphatic heterocycles. The Morgan fingerprint density at radius 3 is 2.47 bits per heavy atom. The quantitative estimate of drug-likeness (QED) is 0.803. The van der Waals surface area contributed by atoms with Crippen LogP contribution in [0.1, 0.15) is 52.9 Å². The molecule has 1 heterocycles. The van der Waals surface area contributed by atoms with Gasteiger partial charge in [-0.25, -0.2) is 0 Å². The summed E-state index contributed by atoms with van der Waals surface area (Å²) in [6, 6.07) is 0. The van der Waals surface area contributed by atoms with Crippen LogP contribution in [-0.2, 0) is 0 Å². The molecule has 2 fully saturated rings. The molecule has 2 rings (SSSR count). The van der Waals surface area contributed by atoms with Gasteiger partial charge < -0.3 is 15.3 Å². The van der Waals surface area contributed by atoms with Gasteiger partial charge in [0.05, 0.1) is 0 Å². The molecule has 1 saturated carbocycles. The molecule has 0 aromatic carbocycles. The van der Waals surface area contributed by atoms with Crippen LogP contribution < -0.4 is 5.32 Å². The molecular formula is C16H32N2O. The van der Waals surface area contributed by atoms with Crippen molar-refractivity contribution < 1.29 is 5.11 Å². The Labute approximate surface area is 118 Å². The van der Waals surface area contributed by atoms with Gasteiger partial charge in [0.2, 0.25) is 0 Å². The van der Waals surface area contributed by atoms with E-state index in [1.807, 2.05) is 0 Å². The molecule has 0 bridgehead atoms. The Morgan fingerprint density at radius 1 is 1.26 bits per heavy atom. The highest BCUT2D eigenvalue weighted by Crippen LogP contribution is 2.39. The monoisotopic (exact) mass is 268 g/mol. The van der Waals surface area contributed by atoms with Crippen LogP contribution in [0.5, 0.6) is 0 Å². The lowest BCUT2D eigenvalue weighted by molar-refractivity contribution is 0.150. The maximum Gasteiger partial charge on any atom is 0.0471 e. The Bertz CT molecular complexity index is 279. The molecule has 1 saturated heterocycles. The van der Waals surface area contributed by atoms with Crippen molar-refractivity contribution in [2.24, 2.45) is 11.3 Å². The first-order valence-electron chi connectivity index (χ1n) is 8.01. The number of likely N-dealkylation sites (tertiary alicyclic amines) is 1. The zero-order valence-corrected chi connectivity index (χ0v) is 13.0. The molecule has 19 heavy (non-hydrogen) atoms. The highest BCUT2D eigenvalue weighted by Gasteiger charge is 2.37. The van der Waals surface area contributed by atoms with Gasteiger partial charge in [0.1, 0.15) is 0 Å². The summed E-state index contributed by atoms with van der Waals surface area (Å²) in [6.07, 6.45) is 6.71. The lowest BCUT2D eigenvalue weighted by Crippen LogP contribution is -2.47.